The molecule has 1 aromatic carbocycles. The molecule has 0 N–H and O–H groups in total. The van der Waals surface area contributed by atoms with E-state index in [2.05, 4.69) is 20.9 Å². The summed E-state index contributed by atoms with van der Waals surface area (Å²) >= 11 is 0. The van der Waals surface area contributed by atoms with E-state index in [-0.39, 0.29) is 6.04 Å². The van der Waals surface area contributed by atoms with Gasteiger partial charge in [0.1, 0.15) is 5.82 Å². The second-order valence-corrected chi connectivity index (χ2v) is 9.94. The van der Waals surface area contributed by atoms with Crippen LogP contribution in [0, 0.1) is 0 Å². The van der Waals surface area contributed by atoms with Crippen LogP contribution in [-0.2, 0) is 9.84 Å². The normalized spacial score (nSPS) is 22.2. The summed E-state index contributed by atoms with van der Waals surface area (Å²) in [5, 5.41) is 1.04. The standard InChI is InChI=1S/C21H23N5O2S/c27-29(28)13-7-17(15-29)25-9-11-26(12-10-25)21-18-5-1-2-6-19(18)23-20(24-21)16-4-3-8-22-14-16/h1-6,8,14,17H,7,9-13,15H2/t17-/m0/s1. The fourth-order valence-corrected chi connectivity index (χ4v) is 6.05. The van der Waals surface area contributed by atoms with Crippen LogP contribution < -0.4 is 4.90 Å². The third kappa shape index (κ3) is 3.70. The molecule has 0 saturated carbocycles. The Labute approximate surface area is 170 Å². The lowest BCUT2D eigenvalue weighted by molar-refractivity contribution is 0.200. The molecule has 0 radical (unpaired) electrons. The molecule has 0 unspecified atom stereocenters. The van der Waals surface area contributed by atoms with E-state index < -0.39 is 9.84 Å². The molecule has 2 saturated heterocycles. The average Bonchev–Trinajstić information content (AvgIpc) is 3.13. The first-order valence-electron chi connectivity index (χ1n) is 9.96. The molecule has 0 aliphatic carbocycles. The molecular weight excluding hydrogens is 386 g/mol. The van der Waals surface area contributed by atoms with Crippen LogP contribution in [0.1, 0.15) is 6.42 Å². The molecule has 29 heavy (non-hydrogen) atoms. The first-order chi connectivity index (χ1) is 14.1. The summed E-state index contributed by atoms with van der Waals surface area (Å²) in [6.07, 6.45) is 4.28. The van der Waals surface area contributed by atoms with Gasteiger partial charge < -0.3 is 4.90 Å². The van der Waals surface area contributed by atoms with E-state index in [1.54, 1.807) is 12.4 Å². The highest BCUT2D eigenvalue weighted by molar-refractivity contribution is 7.91. The molecule has 2 aliphatic rings. The molecule has 150 valence electrons. The molecule has 2 aromatic heterocycles. The van der Waals surface area contributed by atoms with Gasteiger partial charge in [-0.25, -0.2) is 18.4 Å². The number of pyridine rings is 1. The second kappa shape index (κ2) is 7.35. The fourth-order valence-electron chi connectivity index (χ4n) is 4.29. The number of benzene rings is 1. The minimum Gasteiger partial charge on any atom is -0.353 e. The largest absolute Gasteiger partial charge is 0.353 e. The van der Waals surface area contributed by atoms with Crippen LogP contribution in [0.15, 0.2) is 48.8 Å². The van der Waals surface area contributed by atoms with Gasteiger partial charge in [-0.1, -0.05) is 12.1 Å². The van der Waals surface area contributed by atoms with E-state index >= 15 is 0 Å². The van der Waals surface area contributed by atoms with Gasteiger partial charge in [-0.15, -0.1) is 0 Å². The zero-order valence-corrected chi connectivity index (χ0v) is 16.9. The molecule has 2 fully saturated rings. The summed E-state index contributed by atoms with van der Waals surface area (Å²) in [6.45, 7) is 3.34. The lowest BCUT2D eigenvalue weighted by Gasteiger charge is -2.38. The van der Waals surface area contributed by atoms with Gasteiger partial charge in [-0.3, -0.25) is 9.88 Å². The Balaban J connectivity index is 1.43. The van der Waals surface area contributed by atoms with E-state index in [0.717, 1.165) is 54.9 Å². The fraction of sp³-hybridized carbons (Fsp3) is 0.381. The number of piperazine rings is 1. The van der Waals surface area contributed by atoms with Gasteiger partial charge in [0.05, 0.1) is 17.0 Å². The number of fused-ring (bicyclic) bond motifs is 1. The maximum Gasteiger partial charge on any atom is 0.163 e. The third-order valence-electron chi connectivity index (χ3n) is 5.84. The first-order valence-corrected chi connectivity index (χ1v) is 11.8. The Hall–Kier alpha value is -2.58. The molecule has 0 bridgehead atoms. The van der Waals surface area contributed by atoms with Gasteiger partial charge in [0.25, 0.3) is 0 Å². The highest BCUT2D eigenvalue weighted by Gasteiger charge is 2.34. The van der Waals surface area contributed by atoms with E-state index in [9.17, 15) is 8.42 Å². The summed E-state index contributed by atoms with van der Waals surface area (Å²) in [4.78, 5) is 18.5. The number of rotatable bonds is 3. The molecular formula is C21H23N5O2S. The van der Waals surface area contributed by atoms with Crippen molar-refractivity contribution in [1.82, 2.24) is 19.9 Å². The van der Waals surface area contributed by atoms with Crippen molar-refractivity contribution in [2.75, 3.05) is 42.6 Å². The van der Waals surface area contributed by atoms with E-state index in [1.165, 1.54) is 0 Å². The van der Waals surface area contributed by atoms with E-state index in [1.807, 2.05) is 30.3 Å². The maximum atomic E-state index is 11.8. The van der Waals surface area contributed by atoms with Crippen LogP contribution in [0.5, 0.6) is 0 Å². The van der Waals surface area contributed by atoms with Crippen molar-refractivity contribution in [2.45, 2.75) is 12.5 Å². The van der Waals surface area contributed by atoms with Crippen molar-refractivity contribution in [3.63, 3.8) is 0 Å². The Morgan fingerprint density at radius 3 is 2.52 bits per heavy atom. The van der Waals surface area contributed by atoms with Crippen LogP contribution in [0.25, 0.3) is 22.3 Å². The molecule has 0 amide bonds. The van der Waals surface area contributed by atoms with Gasteiger partial charge in [-0.2, -0.15) is 0 Å². The average molecular weight is 410 g/mol. The Morgan fingerprint density at radius 2 is 1.79 bits per heavy atom. The van der Waals surface area contributed by atoms with Crippen molar-refractivity contribution >= 4 is 26.6 Å². The molecule has 3 aromatic rings. The van der Waals surface area contributed by atoms with E-state index in [4.69, 9.17) is 9.97 Å². The molecule has 4 heterocycles. The van der Waals surface area contributed by atoms with E-state index in [0.29, 0.717) is 17.3 Å². The first kappa shape index (κ1) is 18.4. The SMILES string of the molecule is O=S1(=O)CC[C@H](N2CCN(c3nc(-c4cccnc4)nc4ccccc34)CC2)C1. The zero-order chi connectivity index (χ0) is 19.8. The number of hydrogen-bond donors (Lipinski definition) is 0. The van der Waals surface area contributed by atoms with Gasteiger partial charge in [0.15, 0.2) is 15.7 Å². The highest BCUT2D eigenvalue weighted by atomic mass is 32.2. The van der Waals surface area contributed by atoms with Gasteiger partial charge >= 0.3 is 0 Å². The predicted molar refractivity (Wildman–Crippen MR) is 114 cm³/mol. The Morgan fingerprint density at radius 1 is 0.966 bits per heavy atom. The second-order valence-electron chi connectivity index (χ2n) is 7.71. The van der Waals surface area contributed by atoms with Crippen molar-refractivity contribution in [3.8, 4) is 11.4 Å². The molecule has 7 nitrogen and oxygen atoms in total. The molecule has 1 atom stereocenters. The number of para-hydroxylation sites is 1. The van der Waals surface area contributed by atoms with Crippen LogP contribution in [0.3, 0.4) is 0 Å². The third-order valence-corrected chi connectivity index (χ3v) is 7.59. The molecule has 8 heteroatoms. The predicted octanol–water partition coefficient (Wildman–Crippen LogP) is 2.00. The monoisotopic (exact) mass is 409 g/mol. The summed E-state index contributed by atoms with van der Waals surface area (Å²) in [5.74, 6) is 2.24. The summed E-state index contributed by atoms with van der Waals surface area (Å²) < 4.78 is 23.7. The maximum absolute atomic E-state index is 11.8. The number of nitrogens with zero attached hydrogens (tertiary/aromatic N) is 5. The minimum absolute atomic E-state index is 0.162. The number of sulfone groups is 1. The zero-order valence-electron chi connectivity index (χ0n) is 16.1. The Bertz CT molecular complexity index is 1130. The van der Waals surface area contributed by atoms with Gasteiger partial charge in [-0.05, 0) is 30.7 Å². The van der Waals surface area contributed by atoms with Gasteiger partial charge in [0.2, 0.25) is 0 Å². The van der Waals surface area contributed by atoms with Gasteiger partial charge in [0, 0.05) is 55.6 Å². The molecule has 5 rings (SSSR count). The topological polar surface area (TPSA) is 79.3 Å². The molecule has 2 aliphatic heterocycles. The quantitative estimate of drug-likeness (QED) is 0.655. The van der Waals surface area contributed by atoms with Crippen molar-refractivity contribution in [2.24, 2.45) is 0 Å². The number of anilines is 1. The summed E-state index contributed by atoms with van der Waals surface area (Å²) in [6, 6.07) is 12.1. The van der Waals surface area contributed by atoms with Crippen LogP contribution in [0.2, 0.25) is 0 Å². The molecule has 0 spiro atoms. The highest BCUT2D eigenvalue weighted by Crippen LogP contribution is 2.29. The summed E-state index contributed by atoms with van der Waals surface area (Å²) in [7, 11) is -2.86. The van der Waals surface area contributed by atoms with Crippen molar-refractivity contribution < 1.29 is 8.42 Å². The number of aromatic nitrogens is 3. The van der Waals surface area contributed by atoms with Crippen LogP contribution in [-0.4, -0.2) is 72.0 Å². The lowest BCUT2D eigenvalue weighted by atomic mass is 10.1. The van der Waals surface area contributed by atoms with Crippen molar-refractivity contribution in [1.29, 1.82) is 0 Å². The van der Waals surface area contributed by atoms with Crippen LogP contribution in [0.4, 0.5) is 5.82 Å². The Kier molecular flexibility index (Phi) is 4.67. The van der Waals surface area contributed by atoms with Crippen LogP contribution >= 0.6 is 0 Å². The van der Waals surface area contributed by atoms with Crippen molar-refractivity contribution in [3.05, 3.63) is 48.8 Å². The number of hydrogen-bond acceptors (Lipinski definition) is 7. The minimum atomic E-state index is -2.86. The lowest BCUT2D eigenvalue weighted by Crippen LogP contribution is -2.51. The summed E-state index contributed by atoms with van der Waals surface area (Å²) in [5.41, 5.74) is 1.81. The smallest absolute Gasteiger partial charge is 0.163 e.